The van der Waals surface area contributed by atoms with Gasteiger partial charge in [0.1, 0.15) is 6.61 Å². The molecule has 0 aromatic carbocycles. The maximum Gasteiger partial charge on any atom is 0.411 e. The fourth-order valence-corrected chi connectivity index (χ4v) is 1.62. The molecule has 104 valence electrons. The van der Waals surface area contributed by atoms with E-state index in [2.05, 4.69) is 9.84 Å². The molecule has 0 aliphatic carbocycles. The minimum Gasteiger partial charge on any atom is -0.372 e. The summed E-state index contributed by atoms with van der Waals surface area (Å²) in [7, 11) is 0. The zero-order valence-electron chi connectivity index (χ0n) is 9.93. The Balaban J connectivity index is 1.89. The summed E-state index contributed by atoms with van der Waals surface area (Å²) in [6.07, 6.45) is -2.44. The van der Waals surface area contributed by atoms with Gasteiger partial charge in [-0.05, 0) is 18.6 Å². The molecule has 0 radical (unpaired) electrons. The first-order valence-corrected chi connectivity index (χ1v) is 5.66. The summed E-state index contributed by atoms with van der Waals surface area (Å²) in [5, 5.41) is 4.05. The molecule has 19 heavy (non-hydrogen) atoms. The van der Waals surface area contributed by atoms with E-state index in [1.54, 1.807) is 24.4 Å². The first-order valence-electron chi connectivity index (χ1n) is 5.66. The summed E-state index contributed by atoms with van der Waals surface area (Å²) in [5.41, 5.74) is 0.190. The molecular formula is C11H12F3N3O2. The number of fused-ring (bicyclic) bond motifs is 1. The van der Waals surface area contributed by atoms with Crippen molar-refractivity contribution in [3.05, 3.63) is 34.9 Å². The zero-order valence-corrected chi connectivity index (χ0v) is 9.93. The van der Waals surface area contributed by atoms with E-state index < -0.39 is 12.8 Å². The number of halogens is 3. The molecule has 0 spiro atoms. The first kappa shape index (κ1) is 13.6. The van der Waals surface area contributed by atoms with Gasteiger partial charge in [0, 0.05) is 19.3 Å². The average Bonchev–Trinajstić information content (AvgIpc) is 2.65. The standard InChI is InChI=1S/C11H12F3N3O2/c12-11(13,14)8-19-7-3-6-17-10(18)16-5-2-1-4-9(16)15-17/h1-2,4-5H,3,6-8H2. The van der Waals surface area contributed by atoms with Crippen LogP contribution in [0.15, 0.2) is 29.2 Å². The monoisotopic (exact) mass is 275 g/mol. The Hall–Kier alpha value is -1.83. The second-order valence-corrected chi connectivity index (χ2v) is 3.96. The Morgan fingerprint density at radius 3 is 2.79 bits per heavy atom. The molecule has 0 aliphatic rings. The van der Waals surface area contributed by atoms with E-state index in [0.717, 1.165) is 0 Å². The third-order valence-electron chi connectivity index (χ3n) is 2.41. The van der Waals surface area contributed by atoms with Crippen LogP contribution in [-0.4, -0.2) is 33.6 Å². The number of pyridine rings is 1. The molecule has 2 heterocycles. The van der Waals surface area contributed by atoms with Crippen LogP contribution in [-0.2, 0) is 11.3 Å². The van der Waals surface area contributed by atoms with Crippen molar-refractivity contribution in [3.8, 4) is 0 Å². The third kappa shape index (κ3) is 3.57. The number of rotatable bonds is 5. The SMILES string of the molecule is O=c1n(CCCOCC(F)(F)F)nc2ccccn12. The number of aryl methyl sites for hydroxylation is 1. The van der Waals surface area contributed by atoms with Crippen LogP contribution in [0.1, 0.15) is 6.42 Å². The normalized spacial score (nSPS) is 12.2. The van der Waals surface area contributed by atoms with E-state index in [9.17, 15) is 18.0 Å². The Morgan fingerprint density at radius 1 is 1.32 bits per heavy atom. The van der Waals surface area contributed by atoms with Crippen molar-refractivity contribution in [3.63, 3.8) is 0 Å². The van der Waals surface area contributed by atoms with Gasteiger partial charge >= 0.3 is 11.9 Å². The molecule has 0 saturated carbocycles. The fraction of sp³-hybridized carbons (Fsp3) is 0.455. The van der Waals surface area contributed by atoms with Crippen LogP contribution < -0.4 is 5.69 Å². The molecule has 0 N–H and O–H groups in total. The Kier molecular flexibility index (Phi) is 3.89. The van der Waals surface area contributed by atoms with E-state index in [0.29, 0.717) is 12.1 Å². The van der Waals surface area contributed by atoms with Gasteiger partial charge in [-0.2, -0.15) is 13.2 Å². The molecule has 0 bridgehead atoms. The molecule has 0 amide bonds. The van der Waals surface area contributed by atoms with Gasteiger partial charge in [-0.25, -0.2) is 9.48 Å². The zero-order chi connectivity index (χ0) is 13.9. The molecular weight excluding hydrogens is 263 g/mol. The Labute approximate surface area is 106 Å². The van der Waals surface area contributed by atoms with Crippen molar-refractivity contribution in [1.29, 1.82) is 0 Å². The summed E-state index contributed by atoms with van der Waals surface area (Å²) < 4.78 is 42.5. The molecule has 0 aliphatic heterocycles. The Morgan fingerprint density at radius 2 is 2.11 bits per heavy atom. The lowest BCUT2D eigenvalue weighted by Gasteiger charge is -2.06. The highest BCUT2D eigenvalue weighted by Gasteiger charge is 2.27. The average molecular weight is 275 g/mol. The highest BCUT2D eigenvalue weighted by molar-refractivity contribution is 5.35. The smallest absolute Gasteiger partial charge is 0.372 e. The maximum atomic E-state index is 11.8. The summed E-state index contributed by atoms with van der Waals surface area (Å²) in [6, 6.07) is 5.13. The topological polar surface area (TPSA) is 48.5 Å². The van der Waals surface area contributed by atoms with Crippen LogP contribution in [0, 0.1) is 0 Å². The minimum atomic E-state index is -4.32. The van der Waals surface area contributed by atoms with E-state index >= 15 is 0 Å². The van der Waals surface area contributed by atoms with Gasteiger partial charge < -0.3 is 4.74 Å². The van der Waals surface area contributed by atoms with Gasteiger partial charge in [-0.3, -0.25) is 4.40 Å². The van der Waals surface area contributed by atoms with Crippen LogP contribution >= 0.6 is 0 Å². The van der Waals surface area contributed by atoms with Crippen molar-refractivity contribution in [2.24, 2.45) is 0 Å². The van der Waals surface area contributed by atoms with Gasteiger partial charge in [0.25, 0.3) is 0 Å². The van der Waals surface area contributed by atoms with Crippen molar-refractivity contribution in [2.75, 3.05) is 13.2 Å². The predicted molar refractivity (Wildman–Crippen MR) is 60.9 cm³/mol. The molecule has 2 rings (SSSR count). The maximum absolute atomic E-state index is 11.8. The lowest BCUT2D eigenvalue weighted by Crippen LogP contribution is -2.22. The summed E-state index contributed by atoms with van der Waals surface area (Å²) >= 11 is 0. The van der Waals surface area contributed by atoms with Crippen LogP contribution in [0.25, 0.3) is 5.65 Å². The lowest BCUT2D eigenvalue weighted by molar-refractivity contribution is -0.174. The van der Waals surface area contributed by atoms with E-state index in [1.807, 2.05) is 0 Å². The summed E-state index contributed by atoms with van der Waals surface area (Å²) in [6.45, 7) is -1.12. The third-order valence-corrected chi connectivity index (χ3v) is 2.41. The number of hydrogen-bond acceptors (Lipinski definition) is 3. The number of hydrogen-bond donors (Lipinski definition) is 0. The lowest BCUT2D eigenvalue weighted by atomic mass is 10.4. The van der Waals surface area contributed by atoms with Crippen LogP contribution in [0.2, 0.25) is 0 Å². The van der Waals surface area contributed by atoms with Crippen LogP contribution in [0.3, 0.4) is 0 Å². The number of aromatic nitrogens is 3. The second-order valence-electron chi connectivity index (χ2n) is 3.96. The van der Waals surface area contributed by atoms with E-state index in [4.69, 9.17) is 0 Å². The largest absolute Gasteiger partial charge is 0.411 e. The second kappa shape index (κ2) is 5.43. The molecule has 0 saturated heterocycles. The molecule has 8 heteroatoms. The minimum absolute atomic E-state index is 0.0696. The molecule has 2 aromatic heterocycles. The predicted octanol–water partition coefficient (Wildman–Crippen LogP) is 1.46. The molecule has 2 aromatic rings. The van der Waals surface area contributed by atoms with E-state index in [1.165, 1.54) is 9.08 Å². The van der Waals surface area contributed by atoms with Crippen molar-refractivity contribution < 1.29 is 17.9 Å². The van der Waals surface area contributed by atoms with Gasteiger partial charge in [0.2, 0.25) is 0 Å². The molecule has 5 nitrogen and oxygen atoms in total. The highest BCUT2D eigenvalue weighted by Crippen LogP contribution is 2.14. The van der Waals surface area contributed by atoms with Crippen LogP contribution in [0.5, 0.6) is 0 Å². The van der Waals surface area contributed by atoms with Crippen LogP contribution in [0.4, 0.5) is 13.2 Å². The summed E-state index contributed by atoms with van der Waals surface area (Å²) in [4.78, 5) is 11.8. The number of ether oxygens (including phenoxy) is 1. The van der Waals surface area contributed by atoms with Crippen molar-refractivity contribution in [2.45, 2.75) is 19.1 Å². The molecule has 0 atom stereocenters. The molecule has 0 fully saturated rings. The summed E-state index contributed by atoms with van der Waals surface area (Å²) in [5.74, 6) is 0. The van der Waals surface area contributed by atoms with Crippen molar-refractivity contribution in [1.82, 2.24) is 14.2 Å². The highest BCUT2D eigenvalue weighted by atomic mass is 19.4. The van der Waals surface area contributed by atoms with Gasteiger partial charge in [0.05, 0.1) is 0 Å². The van der Waals surface area contributed by atoms with Gasteiger partial charge in [-0.15, -0.1) is 5.10 Å². The van der Waals surface area contributed by atoms with E-state index in [-0.39, 0.29) is 18.8 Å². The quantitative estimate of drug-likeness (QED) is 0.776. The first-order chi connectivity index (χ1) is 8.97. The number of nitrogens with zero attached hydrogens (tertiary/aromatic N) is 3. The Bertz CT molecular complexity index is 603. The van der Waals surface area contributed by atoms with Gasteiger partial charge in [0.15, 0.2) is 5.65 Å². The van der Waals surface area contributed by atoms with Crippen molar-refractivity contribution >= 4 is 5.65 Å². The van der Waals surface area contributed by atoms with Gasteiger partial charge in [-0.1, -0.05) is 6.07 Å². The number of alkyl halides is 3. The molecule has 0 unspecified atom stereocenters. The fourth-order valence-electron chi connectivity index (χ4n) is 1.62.